The minimum atomic E-state index is -0.653. The van der Waals surface area contributed by atoms with E-state index in [1.54, 1.807) is 18.2 Å². The highest BCUT2D eigenvalue weighted by Gasteiger charge is 2.42. The molecule has 2 aromatic carbocycles. The van der Waals surface area contributed by atoms with E-state index in [9.17, 15) is 13.6 Å². The topological polar surface area (TPSA) is 104 Å². The summed E-state index contributed by atoms with van der Waals surface area (Å²) >= 11 is 0. The van der Waals surface area contributed by atoms with Crippen molar-refractivity contribution in [3.05, 3.63) is 72.6 Å². The number of hydrogen-bond acceptors (Lipinski definition) is 10. The minimum absolute atomic E-state index is 0.323. The molecule has 11 nitrogen and oxygen atoms in total. The third-order valence-corrected chi connectivity index (χ3v) is 9.29. The maximum absolute atomic E-state index is 14.0. The molecule has 0 unspecified atom stereocenters. The largest absolute Gasteiger partial charge is 0.494 e. The number of ether oxygens (including phenoxy) is 2. The van der Waals surface area contributed by atoms with Crippen LogP contribution in [-0.2, 0) is 14.4 Å². The van der Waals surface area contributed by atoms with Crippen LogP contribution in [0.4, 0.5) is 37.5 Å². The van der Waals surface area contributed by atoms with Gasteiger partial charge in [-0.1, -0.05) is 6.58 Å². The van der Waals surface area contributed by atoms with Crippen LogP contribution >= 0.6 is 0 Å². The van der Waals surface area contributed by atoms with Crippen molar-refractivity contribution in [3.63, 3.8) is 0 Å². The summed E-state index contributed by atoms with van der Waals surface area (Å²) in [6.07, 6.45) is 6.70. The Morgan fingerprint density at radius 3 is 2.54 bits per heavy atom. The first-order valence-corrected chi connectivity index (χ1v) is 15.6. The number of halogens is 2. The second-order valence-electron chi connectivity index (χ2n) is 12.1. The molecule has 7 rings (SSSR count). The molecule has 4 saturated heterocycles. The number of anilines is 5. The lowest BCUT2D eigenvalue weighted by Crippen LogP contribution is -2.49. The standard InChI is InChI=1S/C33H37F2N7O4/c1-3-33(43)39-26-14-27(30(44-2)15-29(26)40-7-4-23(5-8-40)41-17-25-13-24(41)18-45-25)38-31-16-32(37-19-36-31)42-28(6-9-46-42)20-10-21(34)12-22(35)11-20/h3,10-12,14-16,19,23-25,28H,1,4-9,13,17-18H2,2H3,(H,39,43)(H,36,37,38)/t24-,25-,28+/m0/s1. The number of aromatic nitrogens is 2. The van der Waals surface area contributed by atoms with Gasteiger partial charge in [-0.2, -0.15) is 0 Å². The average Bonchev–Trinajstić information content (AvgIpc) is 3.83. The molecule has 4 aliphatic heterocycles. The number of hydrogen-bond donors (Lipinski definition) is 2. The third kappa shape index (κ3) is 6.09. The van der Waals surface area contributed by atoms with E-state index in [0.717, 1.165) is 57.3 Å². The van der Waals surface area contributed by atoms with Crippen molar-refractivity contribution in [1.29, 1.82) is 0 Å². The maximum Gasteiger partial charge on any atom is 0.247 e. The summed E-state index contributed by atoms with van der Waals surface area (Å²) in [5.74, 6) is -0.217. The van der Waals surface area contributed by atoms with Crippen LogP contribution in [0.2, 0.25) is 0 Å². The summed E-state index contributed by atoms with van der Waals surface area (Å²) in [4.78, 5) is 32.0. The van der Waals surface area contributed by atoms with Crippen LogP contribution in [0, 0.1) is 11.6 Å². The number of carbonyl (C=O) groups is 1. The van der Waals surface area contributed by atoms with Gasteiger partial charge in [0.2, 0.25) is 5.91 Å². The van der Waals surface area contributed by atoms with Gasteiger partial charge in [0, 0.05) is 56.3 Å². The van der Waals surface area contributed by atoms with Gasteiger partial charge in [-0.05, 0) is 49.1 Å². The number of fused-ring (bicyclic) bond motifs is 2. The number of nitrogens with zero attached hydrogens (tertiary/aromatic N) is 5. The molecular weight excluding hydrogens is 596 g/mol. The van der Waals surface area contributed by atoms with E-state index >= 15 is 0 Å². The van der Waals surface area contributed by atoms with Gasteiger partial charge in [-0.25, -0.2) is 23.8 Å². The second kappa shape index (κ2) is 12.8. The summed E-state index contributed by atoms with van der Waals surface area (Å²) in [6, 6.07) is 9.50. The van der Waals surface area contributed by atoms with Gasteiger partial charge in [0.05, 0.1) is 49.5 Å². The SMILES string of the molecule is C=CC(=O)Nc1cc(Nc2cc(N3OCC[C@@H]3c3cc(F)cc(F)c3)ncn2)c(OC)cc1N1CCC(N2C[C@@H]3C[C@H]2CO3)CC1. The van der Waals surface area contributed by atoms with Crippen LogP contribution in [0.3, 0.4) is 0 Å². The summed E-state index contributed by atoms with van der Waals surface area (Å²) in [5, 5.41) is 7.80. The van der Waals surface area contributed by atoms with Gasteiger partial charge in [-0.15, -0.1) is 0 Å². The predicted molar refractivity (Wildman–Crippen MR) is 169 cm³/mol. The number of likely N-dealkylation sites (tertiary alicyclic amines) is 1. The molecule has 13 heteroatoms. The van der Waals surface area contributed by atoms with Crippen molar-refractivity contribution in [3.8, 4) is 5.75 Å². The summed E-state index contributed by atoms with van der Waals surface area (Å²) < 4.78 is 39.6. The highest BCUT2D eigenvalue weighted by molar-refractivity contribution is 6.02. The molecule has 4 aliphatic rings. The molecule has 2 N–H and O–H groups in total. The Balaban J connectivity index is 1.12. The quantitative estimate of drug-likeness (QED) is 0.315. The fourth-order valence-corrected chi connectivity index (χ4v) is 7.14. The van der Waals surface area contributed by atoms with Crippen molar-refractivity contribution < 1.29 is 27.9 Å². The Labute approximate surface area is 266 Å². The van der Waals surface area contributed by atoms with Crippen molar-refractivity contribution in [1.82, 2.24) is 14.9 Å². The fourth-order valence-electron chi connectivity index (χ4n) is 7.14. The lowest BCUT2D eigenvalue weighted by Gasteiger charge is -2.41. The Bertz CT molecular complexity index is 1600. The summed E-state index contributed by atoms with van der Waals surface area (Å²) in [5.41, 5.74) is 2.50. The Hall–Kier alpha value is -4.33. The van der Waals surface area contributed by atoms with Gasteiger partial charge < -0.3 is 25.0 Å². The van der Waals surface area contributed by atoms with Crippen molar-refractivity contribution in [2.45, 2.75) is 49.9 Å². The fraction of sp³-hybridized carbons (Fsp3) is 0.424. The Morgan fingerprint density at radius 2 is 1.85 bits per heavy atom. The van der Waals surface area contributed by atoms with E-state index < -0.39 is 17.7 Å². The van der Waals surface area contributed by atoms with Crippen LogP contribution in [0.15, 0.2) is 55.4 Å². The van der Waals surface area contributed by atoms with Gasteiger partial charge in [0.1, 0.15) is 29.5 Å². The zero-order valence-corrected chi connectivity index (χ0v) is 25.6. The molecule has 0 spiro atoms. The predicted octanol–water partition coefficient (Wildman–Crippen LogP) is 4.96. The van der Waals surface area contributed by atoms with Crippen LogP contribution < -0.4 is 25.3 Å². The minimum Gasteiger partial charge on any atom is -0.494 e. The number of rotatable bonds is 9. The monoisotopic (exact) mass is 633 g/mol. The Morgan fingerprint density at radius 1 is 1.04 bits per heavy atom. The van der Waals surface area contributed by atoms with Crippen LogP contribution in [0.1, 0.15) is 37.3 Å². The lowest BCUT2D eigenvalue weighted by atomic mass is 10.0. The first-order chi connectivity index (χ1) is 22.4. The highest BCUT2D eigenvalue weighted by Crippen LogP contribution is 2.41. The number of nitrogens with one attached hydrogen (secondary N) is 2. The van der Waals surface area contributed by atoms with E-state index in [-0.39, 0.29) is 5.91 Å². The van der Waals surface area contributed by atoms with E-state index in [1.165, 1.54) is 24.5 Å². The van der Waals surface area contributed by atoms with Crippen molar-refractivity contribution in [2.24, 2.45) is 0 Å². The average molecular weight is 634 g/mol. The molecule has 0 radical (unpaired) electrons. The van der Waals surface area contributed by atoms with Crippen molar-refractivity contribution >= 4 is 34.6 Å². The molecule has 242 valence electrons. The number of carbonyl (C=O) groups excluding carboxylic acids is 1. The molecule has 1 aromatic heterocycles. The molecule has 46 heavy (non-hydrogen) atoms. The van der Waals surface area contributed by atoms with Crippen LogP contribution in [0.25, 0.3) is 0 Å². The number of hydroxylamine groups is 1. The van der Waals surface area contributed by atoms with Crippen molar-refractivity contribution in [2.75, 3.05) is 60.6 Å². The number of morpholine rings is 1. The van der Waals surface area contributed by atoms with Crippen LogP contribution in [-0.4, -0.2) is 78.9 Å². The first kappa shape index (κ1) is 30.3. The van der Waals surface area contributed by atoms with Gasteiger partial charge in [0.15, 0.2) is 5.82 Å². The molecule has 2 bridgehead atoms. The molecule has 4 fully saturated rings. The van der Waals surface area contributed by atoms with E-state index in [0.29, 0.717) is 65.5 Å². The Kier molecular flexibility index (Phi) is 8.45. The zero-order valence-electron chi connectivity index (χ0n) is 25.6. The molecule has 5 heterocycles. The van der Waals surface area contributed by atoms with Gasteiger partial charge in [0.25, 0.3) is 0 Å². The van der Waals surface area contributed by atoms with Crippen LogP contribution in [0.5, 0.6) is 5.75 Å². The number of benzene rings is 2. The van der Waals surface area contributed by atoms with E-state index in [1.807, 2.05) is 12.1 Å². The van der Waals surface area contributed by atoms with Gasteiger partial charge in [-0.3, -0.25) is 14.5 Å². The number of piperidine rings is 1. The highest BCUT2D eigenvalue weighted by atomic mass is 19.1. The van der Waals surface area contributed by atoms with E-state index in [4.69, 9.17) is 14.3 Å². The van der Waals surface area contributed by atoms with Gasteiger partial charge >= 0.3 is 0 Å². The zero-order chi connectivity index (χ0) is 31.8. The smallest absolute Gasteiger partial charge is 0.247 e. The molecule has 0 saturated carbocycles. The number of amides is 1. The third-order valence-electron chi connectivity index (χ3n) is 9.29. The first-order valence-electron chi connectivity index (χ1n) is 15.6. The maximum atomic E-state index is 14.0. The van der Waals surface area contributed by atoms with E-state index in [2.05, 4.69) is 37.0 Å². The molecular formula is C33H37F2N7O4. The molecule has 3 aromatic rings. The number of methoxy groups -OCH3 is 1. The molecule has 0 aliphatic carbocycles. The molecule has 3 atom stereocenters. The normalized spacial score (nSPS) is 23.2. The lowest BCUT2D eigenvalue weighted by molar-refractivity contribution is -0.111. The summed E-state index contributed by atoms with van der Waals surface area (Å²) in [7, 11) is 1.59. The summed E-state index contributed by atoms with van der Waals surface area (Å²) in [6.45, 7) is 7.52. The second-order valence-corrected chi connectivity index (χ2v) is 12.1. The molecule has 1 amide bonds.